The topological polar surface area (TPSA) is 46.3 Å². The van der Waals surface area contributed by atoms with E-state index in [1.54, 1.807) is 0 Å². The van der Waals surface area contributed by atoms with E-state index in [0.717, 1.165) is 19.5 Å². The second-order valence-electron chi connectivity index (χ2n) is 4.44. The summed E-state index contributed by atoms with van der Waals surface area (Å²) < 4.78 is 2.41. The van der Waals surface area contributed by atoms with Gasteiger partial charge in [0.25, 0.3) is 0 Å². The molecular formula is C9H18IN2O-. The average molecular weight is 297 g/mol. The number of carbonyl (C=O) groups is 1. The number of hydrogen-bond acceptors (Lipinski definition) is 2. The van der Waals surface area contributed by atoms with Crippen LogP contribution in [0.2, 0.25) is 0 Å². The molecule has 0 aliphatic carbocycles. The van der Waals surface area contributed by atoms with Crippen molar-refractivity contribution in [2.24, 2.45) is 17.1 Å². The van der Waals surface area contributed by atoms with Crippen molar-refractivity contribution in [1.82, 2.24) is 3.11 Å². The van der Waals surface area contributed by atoms with Gasteiger partial charge in [-0.05, 0) is 0 Å². The average Bonchev–Trinajstić information content (AvgIpc) is 2.01. The molecule has 0 aromatic carbocycles. The Kier molecular flexibility index (Phi) is 3.57. The third-order valence-electron chi connectivity index (χ3n) is 2.46. The van der Waals surface area contributed by atoms with Gasteiger partial charge in [0, 0.05) is 0 Å². The number of carbonyl (C=O) groups excluding carboxylic acids is 1. The Morgan fingerprint density at radius 3 is 2.69 bits per heavy atom. The van der Waals surface area contributed by atoms with Crippen LogP contribution < -0.4 is 27.2 Å². The monoisotopic (exact) mass is 297 g/mol. The fourth-order valence-corrected chi connectivity index (χ4v) is 4.02. The summed E-state index contributed by atoms with van der Waals surface area (Å²) in [4.78, 5) is 13.3. The van der Waals surface area contributed by atoms with Crippen LogP contribution in [0.3, 0.4) is 0 Å². The number of nitrogens with zero attached hydrogens (tertiary/aromatic N) is 1. The van der Waals surface area contributed by atoms with Gasteiger partial charge in [0.2, 0.25) is 0 Å². The van der Waals surface area contributed by atoms with E-state index in [9.17, 15) is 4.79 Å². The summed E-state index contributed by atoms with van der Waals surface area (Å²) in [6, 6.07) is 0. The Bertz CT molecular complexity index is 206. The molecule has 1 aliphatic rings. The molecule has 78 valence electrons. The molecule has 0 spiro atoms. The third-order valence-corrected chi connectivity index (χ3v) is 4.56. The van der Waals surface area contributed by atoms with Gasteiger partial charge in [-0.15, -0.1) is 0 Å². The van der Waals surface area contributed by atoms with Crippen molar-refractivity contribution in [3.05, 3.63) is 0 Å². The van der Waals surface area contributed by atoms with Crippen molar-refractivity contribution >= 4 is 5.91 Å². The molecule has 4 heteroatoms. The summed E-state index contributed by atoms with van der Waals surface area (Å²) in [6.45, 7) is 6.45. The van der Waals surface area contributed by atoms with E-state index in [2.05, 4.69) is 21.9 Å². The Morgan fingerprint density at radius 1 is 1.62 bits per heavy atom. The molecule has 0 aromatic heterocycles. The van der Waals surface area contributed by atoms with Crippen LogP contribution in [-0.4, -0.2) is 27.0 Å². The van der Waals surface area contributed by atoms with E-state index >= 15 is 0 Å². The molecule has 1 aliphatic heterocycles. The summed E-state index contributed by atoms with van der Waals surface area (Å²) in [5, 5.41) is 0. The van der Waals surface area contributed by atoms with Gasteiger partial charge >= 0.3 is 90.6 Å². The zero-order valence-corrected chi connectivity index (χ0v) is 10.7. The van der Waals surface area contributed by atoms with E-state index in [4.69, 9.17) is 5.73 Å². The first-order chi connectivity index (χ1) is 5.94. The van der Waals surface area contributed by atoms with Crippen LogP contribution in [0.15, 0.2) is 0 Å². The minimum atomic E-state index is -0.129. The number of hydrogen-bond donors (Lipinski definition) is 1. The van der Waals surface area contributed by atoms with Crippen molar-refractivity contribution in [2.45, 2.75) is 20.3 Å². The molecule has 13 heavy (non-hydrogen) atoms. The first-order valence-electron chi connectivity index (χ1n) is 4.48. The molecule has 1 rings (SSSR count). The summed E-state index contributed by atoms with van der Waals surface area (Å²) in [7, 11) is 0. The van der Waals surface area contributed by atoms with Gasteiger partial charge in [-0.1, -0.05) is 0 Å². The number of amides is 1. The quantitative estimate of drug-likeness (QED) is 0.347. The van der Waals surface area contributed by atoms with Crippen molar-refractivity contribution in [3.63, 3.8) is 0 Å². The summed E-state index contributed by atoms with van der Waals surface area (Å²) in [5.41, 5.74) is 5.61. The molecule has 0 unspecified atom stereocenters. The molecule has 0 aromatic rings. The van der Waals surface area contributed by atoms with Crippen molar-refractivity contribution < 1.29 is 26.3 Å². The normalized spacial score (nSPS) is 29.0. The van der Waals surface area contributed by atoms with Gasteiger partial charge in [0.15, 0.2) is 0 Å². The molecule has 0 saturated carbocycles. The summed E-state index contributed by atoms with van der Waals surface area (Å²) >= 11 is 0.0995. The molecule has 1 heterocycles. The van der Waals surface area contributed by atoms with Crippen molar-refractivity contribution in [2.75, 3.05) is 18.0 Å². The second-order valence-corrected chi connectivity index (χ2v) is 6.77. The van der Waals surface area contributed by atoms with E-state index in [0.29, 0.717) is 0 Å². The van der Waals surface area contributed by atoms with Gasteiger partial charge in [-0.3, -0.25) is 0 Å². The van der Waals surface area contributed by atoms with Gasteiger partial charge in [-0.2, -0.15) is 0 Å². The predicted molar refractivity (Wildman–Crippen MR) is 48.6 cm³/mol. The van der Waals surface area contributed by atoms with Crippen LogP contribution in [0, 0.1) is 11.3 Å². The standard InChI is InChI=1S/C9H18IN2O/c1-9(2)4-7(8(11)13)5-12(6-9)10-3/h7H,4-6H2,1-3H3,(H2,11,13)/q-1/t7-/m1/s1. The molecule has 2 N–H and O–H groups in total. The van der Waals surface area contributed by atoms with Crippen LogP contribution in [-0.2, 0) is 4.79 Å². The number of rotatable bonds is 2. The molecule has 0 bridgehead atoms. The molecular weight excluding hydrogens is 279 g/mol. The number of alkyl halides is 1. The van der Waals surface area contributed by atoms with Gasteiger partial charge in [0.1, 0.15) is 0 Å². The summed E-state index contributed by atoms with van der Waals surface area (Å²) in [5.74, 6) is -0.0568. The second kappa shape index (κ2) is 4.13. The van der Waals surface area contributed by atoms with Crippen molar-refractivity contribution in [1.29, 1.82) is 0 Å². The molecule has 1 saturated heterocycles. The van der Waals surface area contributed by atoms with E-state index < -0.39 is 0 Å². The predicted octanol–water partition coefficient (Wildman–Crippen LogP) is -2.55. The van der Waals surface area contributed by atoms with Crippen LogP contribution in [0.4, 0.5) is 0 Å². The molecule has 0 radical (unpaired) electrons. The maximum atomic E-state index is 11.1. The van der Waals surface area contributed by atoms with Crippen LogP contribution in [0.25, 0.3) is 0 Å². The third kappa shape index (κ3) is 3.09. The zero-order valence-electron chi connectivity index (χ0n) is 8.51. The fourth-order valence-electron chi connectivity index (χ4n) is 1.88. The first kappa shape index (κ1) is 11.2. The maximum absolute atomic E-state index is 11.1. The number of primary amides is 1. The van der Waals surface area contributed by atoms with Crippen LogP contribution in [0.1, 0.15) is 20.3 Å². The van der Waals surface area contributed by atoms with Crippen molar-refractivity contribution in [3.8, 4) is 0 Å². The van der Waals surface area contributed by atoms with Crippen LogP contribution >= 0.6 is 0 Å². The Morgan fingerprint density at radius 2 is 2.23 bits per heavy atom. The Balaban J connectivity index is 2.65. The zero-order chi connectivity index (χ0) is 10.1. The Hall–Kier alpha value is 0.160. The fraction of sp³-hybridized carbons (Fsp3) is 0.889. The SMILES string of the molecule is C[I-]N1C[C@H](C(N)=O)CC(C)(C)C1. The number of halogens is 1. The van der Waals surface area contributed by atoms with Gasteiger partial charge in [0.05, 0.1) is 0 Å². The summed E-state index contributed by atoms with van der Waals surface area (Å²) in [6.07, 6.45) is 0.947. The van der Waals surface area contributed by atoms with Gasteiger partial charge in [-0.25, -0.2) is 0 Å². The molecule has 1 amide bonds. The van der Waals surface area contributed by atoms with E-state index in [-0.39, 0.29) is 38.7 Å². The Labute approximate surface area is 90.7 Å². The number of nitrogens with two attached hydrogens (primary N) is 1. The minimum absolute atomic E-state index is 0.0726. The molecule has 1 fully saturated rings. The van der Waals surface area contributed by atoms with E-state index in [1.807, 2.05) is 0 Å². The van der Waals surface area contributed by atoms with Crippen LogP contribution in [0.5, 0.6) is 0 Å². The first-order valence-corrected chi connectivity index (χ1v) is 7.61. The molecule has 3 nitrogen and oxygen atoms in total. The van der Waals surface area contributed by atoms with Gasteiger partial charge < -0.3 is 0 Å². The molecule has 1 atom stereocenters. The van der Waals surface area contributed by atoms with E-state index in [1.165, 1.54) is 0 Å². The number of piperidine rings is 1.